The van der Waals surface area contributed by atoms with Gasteiger partial charge in [-0.3, -0.25) is 4.79 Å². The second kappa shape index (κ2) is 6.46. The normalized spacial score (nSPS) is 12.1. The van der Waals surface area contributed by atoms with Crippen molar-refractivity contribution in [1.82, 2.24) is 0 Å². The average Bonchev–Trinajstić information content (AvgIpc) is 2.28. The molecule has 1 aromatic rings. The Bertz CT molecular complexity index is 374. The first-order valence-electron chi connectivity index (χ1n) is 5.17. The highest BCUT2D eigenvalue weighted by atomic mass is 35.5. The summed E-state index contributed by atoms with van der Waals surface area (Å²) in [6.45, 7) is 5.84. The highest BCUT2D eigenvalue weighted by Gasteiger charge is 2.15. The number of halogens is 1. The number of hydrogen-bond donors (Lipinski definition) is 0. The van der Waals surface area contributed by atoms with Gasteiger partial charge in [-0.25, -0.2) is 0 Å². The van der Waals surface area contributed by atoms with Gasteiger partial charge in [-0.15, -0.1) is 6.58 Å². The molecule has 0 saturated heterocycles. The number of carbonyl (C=O) groups excluding carboxylic acids is 1. The predicted molar refractivity (Wildman–Crippen MR) is 66.0 cm³/mol. The van der Waals surface area contributed by atoms with E-state index in [9.17, 15) is 4.79 Å². The third-order valence-corrected chi connectivity index (χ3v) is 2.40. The largest absolute Gasteiger partial charge is 0.370 e. The molecule has 0 saturated carbocycles. The number of carbonyl (C=O) groups is 1. The molecule has 0 aliphatic carbocycles. The zero-order valence-electron chi connectivity index (χ0n) is 9.28. The lowest BCUT2D eigenvalue weighted by atomic mass is 10.1. The molecule has 0 aliphatic heterocycles. The Hall–Kier alpha value is -1.12. The van der Waals surface area contributed by atoms with Crippen molar-refractivity contribution < 1.29 is 9.53 Å². The molecule has 0 aromatic heterocycles. The lowest BCUT2D eigenvalue weighted by Crippen LogP contribution is -2.21. The van der Waals surface area contributed by atoms with E-state index >= 15 is 0 Å². The smallest absolute Gasteiger partial charge is 0.191 e. The Kier molecular flexibility index (Phi) is 5.23. The molecule has 0 aliphatic rings. The van der Waals surface area contributed by atoms with Crippen LogP contribution >= 0.6 is 11.6 Å². The van der Waals surface area contributed by atoms with E-state index in [0.717, 1.165) is 6.42 Å². The zero-order valence-corrected chi connectivity index (χ0v) is 10.0. The molecule has 86 valence electrons. The summed E-state index contributed by atoms with van der Waals surface area (Å²) in [6.07, 6.45) is 2.06. The van der Waals surface area contributed by atoms with Gasteiger partial charge in [0.05, 0.1) is 6.61 Å². The lowest BCUT2D eigenvalue weighted by Gasteiger charge is -2.11. The van der Waals surface area contributed by atoms with E-state index in [1.807, 2.05) is 0 Å². The molecule has 0 radical (unpaired) electrons. The summed E-state index contributed by atoms with van der Waals surface area (Å²) < 4.78 is 5.37. The number of benzene rings is 1. The molecule has 16 heavy (non-hydrogen) atoms. The molecule has 0 fully saturated rings. The Morgan fingerprint density at radius 3 is 3.00 bits per heavy atom. The first kappa shape index (κ1) is 12.9. The van der Waals surface area contributed by atoms with E-state index in [1.165, 1.54) is 0 Å². The van der Waals surface area contributed by atoms with Gasteiger partial charge in [0.25, 0.3) is 0 Å². The van der Waals surface area contributed by atoms with Crippen molar-refractivity contribution in [3.63, 3.8) is 0 Å². The molecule has 1 rings (SSSR count). The summed E-state index contributed by atoms with van der Waals surface area (Å²) in [4.78, 5) is 11.9. The first-order chi connectivity index (χ1) is 7.65. The van der Waals surface area contributed by atoms with Crippen LogP contribution < -0.4 is 0 Å². The Balaban J connectivity index is 2.59. The van der Waals surface area contributed by atoms with Crippen LogP contribution in [0.4, 0.5) is 0 Å². The maximum Gasteiger partial charge on any atom is 0.191 e. The summed E-state index contributed by atoms with van der Waals surface area (Å²) >= 11 is 5.81. The molecule has 0 N–H and O–H groups in total. The third kappa shape index (κ3) is 3.80. The van der Waals surface area contributed by atoms with E-state index in [1.54, 1.807) is 37.3 Å². The van der Waals surface area contributed by atoms with Crippen molar-refractivity contribution in [2.75, 3.05) is 6.61 Å². The monoisotopic (exact) mass is 238 g/mol. The van der Waals surface area contributed by atoms with Gasteiger partial charge in [0.15, 0.2) is 5.78 Å². The van der Waals surface area contributed by atoms with Crippen LogP contribution in [0, 0.1) is 0 Å². The lowest BCUT2D eigenvalue weighted by molar-refractivity contribution is 0.0492. The molecule has 1 unspecified atom stereocenters. The van der Waals surface area contributed by atoms with Crippen LogP contribution in [-0.4, -0.2) is 18.5 Å². The zero-order chi connectivity index (χ0) is 12.0. The van der Waals surface area contributed by atoms with Crippen molar-refractivity contribution in [1.29, 1.82) is 0 Å². The van der Waals surface area contributed by atoms with Crippen molar-refractivity contribution in [3.05, 3.63) is 47.5 Å². The van der Waals surface area contributed by atoms with Crippen LogP contribution in [0.25, 0.3) is 0 Å². The van der Waals surface area contributed by atoms with Gasteiger partial charge in [0, 0.05) is 10.6 Å². The van der Waals surface area contributed by atoms with Crippen molar-refractivity contribution >= 4 is 17.4 Å². The SMILES string of the molecule is C=CCCOC(C)C(=O)c1cccc(Cl)c1. The number of ether oxygens (including phenoxy) is 1. The summed E-state index contributed by atoms with van der Waals surface area (Å²) in [5.74, 6) is -0.0495. The second-order valence-electron chi connectivity index (χ2n) is 3.46. The Labute approximate surface area is 101 Å². The van der Waals surface area contributed by atoms with Gasteiger partial charge < -0.3 is 4.74 Å². The van der Waals surface area contributed by atoms with Crippen LogP contribution in [0.15, 0.2) is 36.9 Å². The second-order valence-corrected chi connectivity index (χ2v) is 3.90. The Morgan fingerprint density at radius 1 is 1.62 bits per heavy atom. The molecule has 3 heteroatoms. The minimum atomic E-state index is -0.446. The fourth-order valence-electron chi connectivity index (χ4n) is 1.28. The fraction of sp³-hybridized carbons (Fsp3) is 0.308. The van der Waals surface area contributed by atoms with Crippen molar-refractivity contribution in [3.8, 4) is 0 Å². The Morgan fingerprint density at radius 2 is 2.38 bits per heavy atom. The highest BCUT2D eigenvalue weighted by molar-refractivity contribution is 6.31. The van der Waals surface area contributed by atoms with E-state index in [2.05, 4.69) is 6.58 Å². The highest BCUT2D eigenvalue weighted by Crippen LogP contribution is 2.13. The van der Waals surface area contributed by atoms with Gasteiger partial charge >= 0.3 is 0 Å². The predicted octanol–water partition coefficient (Wildman–Crippen LogP) is 3.50. The molecule has 0 amide bonds. The summed E-state index contributed by atoms with van der Waals surface area (Å²) in [5.41, 5.74) is 0.582. The van der Waals surface area contributed by atoms with Gasteiger partial charge in [0.2, 0.25) is 0 Å². The van der Waals surface area contributed by atoms with E-state index in [0.29, 0.717) is 17.2 Å². The quantitative estimate of drug-likeness (QED) is 0.431. The van der Waals surface area contributed by atoms with Crippen molar-refractivity contribution in [2.45, 2.75) is 19.4 Å². The molecule has 2 nitrogen and oxygen atoms in total. The standard InChI is InChI=1S/C13H15ClO2/c1-3-4-8-16-10(2)13(15)11-6-5-7-12(14)9-11/h3,5-7,9-10H,1,4,8H2,2H3. The molecule has 0 heterocycles. The summed E-state index contributed by atoms with van der Waals surface area (Å²) in [7, 11) is 0. The van der Waals surface area contributed by atoms with Gasteiger partial charge in [-0.2, -0.15) is 0 Å². The van der Waals surface area contributed by atoms with Crippen LogP contribution in [0.2, 0.25) is 5.02 Å². The summed E-state index contributed by atoms with van der Waals surface area (Å²) in [6, 6.07) is 6.88. The van der Waals surface area contributed by atoms with Crippen LogP contribution in [0.3, 0.4) is 0 Å². The van der Waals surface area contributed by atoms with Gasteiger partial charge in [-0.1, -0.05) is 29.8 Å². The molecule has 0 bridgehead atoms. The minimum absolute atomic E-state index is 0.0495. The fourth-order valence-corrected chi connectivity index (χ4v) is 1.47. The summed E-state index contributed by atoms with van der Waals surface area (Å²) in [5, 5.41) is 0.559. The van der Waals surface area contributed by atoms with E-state index < -0.39 is 6.10 Å². The topological polar surface area (TPSA) is 26.3 Å². The third-order valence-electron chi connectivity index (χ3n) is 2.17. The minimum Gasteiger partial charge on any atom is -0.370 e. The number of rotatable bonds is 6. The van der Waals surface area contributed by atoms with E-state index in [-0.39, 0.29) is 5.78 Å². The number of hydrogen-bond acceptors (Lipinski definition) is 2. The van der Waals surface area contributed by atoms with Gasteiger partial charge in [0.1, 0.15) is 6.10 Å². The molecule has 1 atom stereocenters. The maximum absolute atomic E-state index is 11.9. The van der Waals surface area contributed by atoms with Crippen LogP contribution in [-0.2, 0) is 4.74 Å². The molecule has 1 aromatic carbocycles. The number of Topliss-reactive ketones (excluding diaryl/α,β-unsaturated/α-hetero) is 1. The van der Waals surface area contributed by atoms with Gasteiger partial charge in [-0.05, 0) is 25.5 Å². The number of ketones is 1. The van der Waals surface area contributed by atoms with Crippen LogP contribution in [0.5, 0.6) is 0 Å². The maximum atomic E-state index is 11.9. The van der Waals surface area contributed by atoms with Crippen molar-refractivity contribution in [2.24, 2.45) is 0 Å². The molecule has 0 spiro atoms. The van der Waals surface area contributed by atoms with E-state index in [4.69, 9.17) is 16.3 Å². The molecular weight excluding hydrogens is 224 g/mol. The average molecular weight is 239 g/mol. The molecular formula is C13H15ClO2. The first-order valence-corrected chi connectivity index (χ1v) is 5.55. The van der Waals surface area contributed by atoms with Crippen LogP contribution in [0.1, 0.15) is 23.7 Å².